The van der Waals surface area contributed by atoms with Crippen LogP contribution in [0, 0.1) is 11.7 Å². The summed E-state index contributed by atoms with van der Waals surface area (Å²) >= 11 is 0. The molecule has 0 fully saturated rings. The lowest BCUT2D eigenvalue weighted by Crippen LogP contribution is -2.21. The maximum atomic E-state index is 13.8. The van der Waals surface area contributed by atoms with Crippen molar-refractivity contribution in [3.63, 3.8) is 0 Å². The molecule has 3 aromatic rings. The minimum atomic E-state index is -4.24. The number of halogens is 1. The molecule has 0 heterocycles. The van der Waals surface area contributed by atoms with Gasteiger partial charge in [-0.1, -0.05) is 18.2 Å². The molecule has 0 saturated carbocycles. The Balaban J connectivity index is 1.58. The maximum absolute atomic E-state index is 13.8. The molecule has 7 heteroatoms. The van der Waals surface area contributed by atoms with Gasteiger partial charge in [-0.25, -0.2) is 4.39 Å². The molecule has 184 valence electrons. The molecule has 0 spiro atoms. The van der Waals surface area contributed by atoms with Crippen molar-refractivity contribution in [2.24, 2.45) is 5.92 Å². The highest BCUT2D eigenvalue weighted by atomic mass is 32.2. The first-order chi connectivity index (χ1) is 16.9. The summed E-state index contributed by atoms with van der Waals surface area (Å²) < 4.78 is 56.7. The number of fused-ring (bicyclic) bond motifs is 6. The van der Waals surface area contributed by atoms with E-state index in [1.807, 2.05) is 12.1 Å². The van der Waals surface area contributed by atoms with Crippen LogP contribution in [0.15, 0.2) is 59.5 Å². The highest BCUT2D eigenvalue weighted by molar-refractivity contribution is 7.87. The smallest absolute Gasteiger partial charge is 0.339 e. The number of rotatable bonds is 5. The summed E-state index contributed by atoms with van der Waals surface area (Å²) in [6.45, 7) is 0. The minimum absolute atomic E-state index is 0.218. The van der Waals surface area contributed by atoms with E-state index in [0.717, 1.165) is 55.0 Å². The predicted molar refractivity (Wildman–Crippen MR) is 131 cm³/mol. The van der Waals surface area contributed by atoms with Gasteiger partial charge in [0.25, 0.3) is 0 Å². The third-order valence-corrected chi connectivity index (χ3v) is 8.53. The van der Waals surface area contributed by atoms with Gasteiger partial charge in [0.1, 0.15) is 16.5 Å². The summed E-state index contributed by atoms with van der Waals surface area (Å²) in [6.07, 6.45) is 5.55. The van der Waals surface area contributed by atoms with Crippen molar-refractivity contribution in [3.05, 3.63) is 82.7 Å². The van der Waals surface area contributed by atoms with Crippen molar-refractivity contribution in [1.29, 1.82) is 0 Å². The van der Waals surface area contributed by atoms with Gasteiger partial charge in [0.05, 0.1) is 14.2 Å². The van der Waals surface area contributed by atoms with Crippen molar-refractivity contribution in [2.75, 3.05) is 14.2 Å². The van der Waals surface area contributed by atoms with Gasteiger partial charge >= 0.3 is 10.1 Å². The monoisotopic (exact) mass is 496 g/mol. The molecule has 35 heavy (non-hydrogen) atoms. The van der Waals surface area contributed by atoms with Crippen molar-refractivity contribution < 1.29 is 26.5 Å². The van der Waals surface area contributed by atoms with E-state index in [0.29, 0.717) is 24.0 Å². The Morgan fingerprint density at radius 1 is 0.886 bits per heavy atom. The van der Waals surface area contributed by atoms with Crippen LogP contribution in [0.4, 0.5) is 4.39 Å². The first-order valence-electron chi connectivity index (χ1n) is 11.9. The Hall–Kier alpha value is -3.06. The van der Waals surface area contributed by atoms with Crippen molar-refractivity contribution in [3.8, 4) is 17.2 Å². The molecular formula is C28H29FO5S. The average Bonchev–Trinajstić information content (AvgIpc) is 2.83. The van der Waals surface area contributed by atoms with Crippen molar-refractivity contribution >= 4 is 10.1 Å². The van der Waals surface area contributed by atoms with Gasteiger partial charge in [0.2, 0.25) is 0 Å². The molecule has 2 unspecified atom stereocenters. The van der Waals surface area contributed by atoms with Crippen LogP contribution >= 0.6 is 0 Å². The third-order valence-electron chi connectivity index (χ3n) is 7.31. The highest BCUT2D eigenvalue weighted by Gasteiger charge is 2.31. The SMILES string of the molecule is COc1ccc2c(c1)CCC1CCC2Cc2ccc(OC)c(OS(=O)(=O)c3cccc(F)c3)c2C1. The van der Waals surface area contributed by atoms with Crippen LogP contribution < -0.4 is 13.7 Å². The fourth-order valence-electron chi connectivity index (χ4n) is 5.49. The molecule has 0 N–H and O–H groups in total. The van der Waals surface area contributed by atoms with Crippen LogP contribution in [-0.2, 0) is 29.4 Å². The molecule has 2 atom stereocenters. The topological polar surface area (TPSA) is 61.8 Å². The first kappa shape index (κ1) is 23.7. The van der Waals surface area contributed by atoms with E-state index in [1.54, 1.807) is 13.2 Å². The summed E-state index contributed by atoms with van der Waals surface area (Å²) in [5.41, 5.74) is 4.61. The van der Waals surface area contributed by atoms with Crippen LogP contribution in [0.3, 0.4) is 0 Å². The molecule has 0 saturated heterocycles. The van der Waals surface area contributed by atoms with Crippen LogP contribution in [0.2, 0.25) is 0 Å². The molecule has 2 bridgehead atoms. The second-order valence-corrected chi connectivity index (χ2v) is 10.9. The number of benzene rings is 3. The van der Waals surface area contributed by atoms with E-state index < -0.39 is 15.9 Å². The van der Waals surface area contributed by atoms with E-state index >= 15 is 0 Å². The van der Waals surface area contributed by atoms with E-state index in [2.05, 4.69) is 12.1 Å². The van der Waals surface area contributed by atoms with Crippen LogP contribution in [-0.4, -0.2) is 22.6 Å². The maximum Gasteiger partial charge on any atom is 0.339 e. The van der Waals surface area contributed by atoms with Crippen LogP contribution in [0.5, 0.6) is 17.2 Å². The largest absolute Gasteiger partial charge is 0.497 e. The zero-order valence-electron chi connectivity index (χ0n) is 19.9. The van der Waals surface area contributed by atoms with Gasteiger partial charge in [-0.15, -0.1) is 0 Å². The number of aryl methyl sites for hydroxylation is 1. The van der Waals surface area contributed by atoms with Gasteiger partial charge in [0.15, 0.2) is 11.5 Å². The quantitative estimate of drug-likeness (QED) is 0.416. The molecule has 5 rings (SSSR count). The van der Waals surface area contributed by atoms with E-state index in [1.165, 1.54) is 36.4 Å². The Bertz CT molecular complexity index is 1350. The van der Waals surface area contributed by atoms with E-state index in [-0.39, 0.29) is 10.6 Å². The normalized spacial score (nSPS) is 19.4. The zero-order valence-corrected chi connectivity index (χ0v) is 20.7. The second-order valence-electron chi connectivity index (χ2n) is 9.38. The molecular weight excluding hydrogens is 467 g/mol. The van der Waals surface area contributed by atoms with Crippen LogP contribution in [0.1, 0.15) is 47.4 Å². The lowest BCUT2D eigenvalue weighted by atomic mass is 9.73. The molecule has 0 aliphatic heterocycles. The predicted octanol–water partition coefficient (Wildman–Crippen LogP) is 5.84. The number of hydrogen-bond acceptors (Lipinski definition) is 5. The molecule has 0 amide bonds. The Kier molecular flexibility index (Phi) is 6.45. The van der Waals surface area contributed by atoms with Crippen molar-refractivity contribution in [2.45, 2.75) is 49.3 Å². The van der Waals surface area contributed by atoms with Gasteiger partial charge < -0.3 is 13.7 Å². The number of ether oxygens (including phenoxy) is 2. The second kappa shape index (κ2) is 9.53. The van der Waals surface area contributed by atoms with Gasteiger partial charge in [0, 0.05) is 5.56 Å². The Morgan fingerprint density at radius 2 is 1.74 bits per heavy atom. The summed E-state index contributed by atoms with van der Waals surface area (Å²) in [6, 6.07) is 15.0. The number of methoxy groups -OCH3 is 2. The standard InChI is InChI=1S/C28H29FO5S/c1-32-23-11-12-25-19-8-6-18(7-9-21(25)16-23)14-26-20(15-19)10-13-27(33-2)28(26)34-35(30,31)24-5-3-4-22(29)17-24/h3-5,10-13,16-19H,6-9,14-15H2,1-2H3. The van der Waals surface area contributed by atoms with E-state index in [9.17, 15) is 12.8 Å². The number of hydrogen-bond donors (Lipinski definition) is 0. The highest BCUT2D eigenvalue weighted by Crippen LogP contribution is 2.44. The minimum Gasteiger partial charge on any atom is -0.497 e. The third kappa shape index (κ3) is 4.74. The molecule has 0 aromatic heterocycles. The van der Waals surface area contributed by atoms with Gasteiger partial charge in [-0.05, 0) is 103 Å². The molecule has 5 nitrogen and oxygen atoms in total. The fraction of sp³-hybridized carbons (Fsp3) is 0.357. The molecule has 2 aliphatic rings. The van der Waals surface area contributed by atoms with Gasteiger partial charge in [-0.2, -0.15) is 8.42 Å². The summed E-state index contributed by atoms with van der Waals surface area (Å²) in [5.74, 6) is 1.52. The zero-order chi connectivity index (χ0) is 24.6. The van der Waals surface area contributed by atoms with Gasteiger partial charge in [-0.3, -0.25) is 0 Å². The molecule has 2 aliphatic carbocycles. The summed E-state index contributed by atoms with van der Waals surface area (Å²) in [7, 11) is -1.05. The lowest BCUT2D eigenvalue weighted by Gasteiger charge is -2.32. The molecule has 3 aromatic carbocycles. The average molecular weight is 497 g/mol. The Labute approximate surface area is 206 Å². The lowest BCUT2D eigenvalue weighted by molar-refractivity contribution is 0.365. The van der Waals surface area contributed by atoms with E-state index in [4.69, 9.17) is 13.7 Å². The van der Waals surface area contributed by atoms with Crippen LogP contribution in [0.25, 0.3) is 0 Å². The molecule has 0 radical (unpaired) electrons. The first-order valence-corrected chi connectivity index (χ1v) is 13.3. The summed E-state index contributed by atoms with van der Waals surface area (Å²) in [4.78, 5) is -0.221. The fourth-order valence-corrected chi connectivity index (χ4v) is 6.49. The Morgan fingerprint density at radius 3 is 2.51 bits per heavy atom. The summed E-state index contributed by atoms with van der Waals surface area (Å²) in [5, 5.41) is 0. The van der Waals surface area contributed by atoms with Crippen molar-refractivity contribution in [1.82, 2.24) is 0 Å².